The van der Waals surface area contributed by atoms with Crippen molar-refractivity contribution in [2.24, 2.45) is 0 Å². The zero-order valence-electron chi connectivity index (χ0n) is 25.4. The largest absolute Gasteiger partial charge is 0.495 e. The molecule has 0 saturated carbocycles. The van der Waals surface area contributed by atoms with Gasteiger partial charge in [-0.3, -0.25) is 4.79 Å². The van der Waals surface area contributed by atoms with E-state index >= 15 is 0 Å². The number of fused-ring (bicyclic) bond motifs is 1. The van der Waals surface area contributed by atoms with Crippen LogP contribution in [0.2, 0.25) is 0 Å². The third-order valence-corrected chi connectivity index (χ3v) is 8.50. The first kappa shape index (κ1) is 34.3. The van der Waals surface area contributed by atoms with Crippen LogP contribution >= 0.6 is 11.3 Å². The molecule has 3 aromatic rings. The van der Waals surface area contributed by atoms with Gasteiger partial charge in [-0.2, -0.15) is 0 Å². The fourth-order valence-corrected chi connectivity index (χ4v) is 6.17. The number of likely N-dealkylation sites (tertiary alicyclic amines) is 1. The molecule has 13 heteroatoms. The van der Waals surface area contributed by atoms with E-state index in [9.17, 15) is 22.4 Å². The number of ether oxygens (including phenoxy) is 3. The highest BCUT2D eigenvalue weighted by molar-refractivity contribution is 7.20. The molecule has 3 N–H and O–H groups in total. The maximum atomic E-state index is 14.9. The second kappa shape index (κ2) is 16.7. The lowest BCUT2D eigenvalue weighted by Gasteiger charge is -2.33. The molecule has 1 fully saturated rings. The molecule has 0 spiro atoms. The van der Waals surface area contributed by atoms with E-state index in [1.165, 1.54) is 7.11 Å². The van der Waals surface area contributed by atoms with Gasteiger partial charge in [0, 0.05) is 43.3 Å². The van der Waals surface area contributed by atoms with E-state index in [1.807, 2.05) is 11.9 Å². The number of carbonyl (C=O) groups is 1. The summed E-state index contributed by atoms with van der Waals surface area (Å²) in [6, 6.07) is 9.41. The lowest BCUT2D eigenvalue weighted by atomic mass is 10.0. The molecule has 1 aromatic heterocycles. The normalized spacial score (nSPS) is 17.5. The molecule has 244 valence electrons. The summed E-state index contributed by atoms with van der Waals surface area (Å²) in [4.78, 5) is 14.6. The Labute approximate surface area is 264 Å². The number of benzene rings is 2. The van der Waals surface area contributed by atoms with E-state index in [1.54, 1.807) is 43.5 Å². The molecule has 1 aliphatic rings. The summed E-state index contributed by atoms with van der Waals surface area (Å²) in [6.45, 7) is 2.68. The number of amides is 1. The summed E-state index contributed by atoms with van der Waals surface area (Å²) in [7, 11) is 4.90. The van der Waals surface area contributed by atoms with Crippen LogP contribution in [0.4, 0.5) is 28.9 Å². The van der Waals surface area contributed by atoms with E-state index in [-0.39, 0.29) is 29.4 Å². The Bertz CT molecular complexity index is 1500. The summed E-state index contributed by atoms with van der Waals surface area (Å²) in [5.74, 6) is 5.86. The Morgan fingerprint density at radius 1 is 1.13 bits per heavy atom. The Morgan fingerprint density at radius 2 is 1.96 bits per heavy atom. The van der Waals surface area contributed by atoms with Crippen molar-refractivity contribution in [3.63, 3.8) is 0 Å². The Kier molecular flexibility index (Phi) is 12.7. The molecule has 2 heterocycles. The molecule has 1 amide bonds. The third kappa shape index (κ3) is 9.00. The smallest absolute Gasteiger partial charge is 0.273 e. The molecule has 3 atom stereocenters. The quantitative estimate of drug-likeness (QED) is 0.121. The van der Waals surface area contributed by atoms with E-state index in [4.69, 9.17) is 14.2 Å². The first-order valence-electron chi connectivity index (χ1n) is 14.6. The first-order chi connectivity index (χ1) is 21.7. The van der Waals surface area contributed by atoms with Crippen LogP contribution in [0.5, 0.6) is 5.75 Å². The van der Waals surface area contributed by atoms with Gasteiger partial charge in [0.2, 0.25) is 0 Å². The van der Waals surface area contributed by atoms with Gasteiger partial charge in [-0.25, -0.2) is 17.6 Å². The highest BCUT2D eigenvalue weighted by Crippen LogP contribution is 2.42. The Hall–Kier alpha value is -3.57. The van der Waals surface area contributed by atoms with Crippen molar-refractivity contribution in [1.29, 1.82) is 0 Å². The van der Waals surface area contributed by atoms with Gasteiger partial charge in [-0.05, 0) is 37.7 Å². The molecule has 4 rings (SSSR count). The Morgan fingerprint density at radius 3 is 2.69 bits per heavy atom. The predicted molar refractivity (Wildman–Crippen MR) is 169 cm³/mol. The molecule has 0 aliphatic carbocycles. The number of halogens is 4. The average molecular weight is 651 g/mol. The molecule has 1 saturated heterocycles. The number of methoxy groups -OCH3 is 2. The van der Waals surface area contributed by atoms with Crippen molar-refractivity contribution in [1.82, 2.24) is 10.2 Å². The van der Waals surface area contributed by atoms with Crippen LogP contribution in [0.25, 0.3) is 10.1 Å². The molecule has 2 aromatic carbocycles. The van der Waals surface area contributed by atoms with Crippen molar-refractivity contribution >= 4 is 38.7 Å². The maximum absolute atomic E-state index is 14.9. The minimum absolute atomic E-state index is 0.0876. The zero-order chi connectivity index (χ0) is 32.3. The lowest BCUT2D eigenvalue weighted by molar-refractivity contribution is 0.0504. The molecule has 0 bridgehead atoms. The van der Waals surface area contributed by atoms with Crippen LogP contribution in [-0.2, 0) is 9.47 Å². The highest BCUT2D eigenvalue weighted by atomic mass is 32.1. The summed E-state index contributed by atoms with van der Waals surface area (Å²) in [5, 5.41) is 9.42. The second-order valence-electron chi connectivity index (χ2n) is 10.5. The summed E-state index contributed by atoms with van der Waals surface area (Å²) < 4.78 is 73.1. The minimum Gasteiger partial charge on any atom is -0.495 e. The SMILES string of the molecule is COCCOCCNC(=O)c1ccc(NCC#Cc2sc3c(NC4CCN(C)CC4F)cccc3c2C(F)C(F)F)c(OC)c1. The molecular weight excluding hydrogens is 612 g/mol. The Balaban J connectivity index is 1.47. The number of rotatable bonds is 14. The number of thiophene rings is 1. The fraction of sp³-hybridized carbons (Fsp3) is 0.469. The molecule has 3 unspecified atom stereocenters. The number of nitrogens with one attached hydrogen (secondary N) is 3. The van der Waals surface area contributed by atoms with Gasteiger partial charge in [0.25, 0.3) is 12.3 Å². The highest BCUT2D eigenvalue weighted by Gasteiger charge is 2.31. The van der Waals surface area contributed by atoms with Crippen molar-refractivity contribution in [2.45, 2.75) is 31.2 Å². The van der Waals surface area contributed by atoms with Gasteiger partial charge in [0.15, 0.2) is 6.17 Å². The fourth-order valence-electron chi connectivity index (χ4n) is 4.99. The predicted octanol–water partition coefficient (Wildman–Crippen LogP) is 5.50. The molecular formula is C32H38F4N4O4S. The van der Waals surface area contributed by atoms with Crippen LogP contribution < -0.4 is 20.7 Å². The topological polar surface area (TPSA) is 84.1 Å². The number of anilines is 2. The summed E-state index contributed by atoms with van der Waals surface area (Å²) >= 11 is 1.10. The van der Waals surface area contributed by atoms with E-state index in [2.05, 4.69) is 27.8 Å². The minimum atomic E-state index is -3.23. The first-order valence-corrected chi connectivity index (χ1v) is 15.4. The number of hydrogen-bond donors (Lipinski definition) is 3. The van der Waals surface area contributed by atoms with Gasteiger partial charge < -0.3 is 35.1 Å². The molecule has 0 radical (unpaired) electrons. The number of hydrogen-bond acceptors (Lipinski definition) is 8. The standard InChI is InChI=1S/C32H38F4N4O4S/c1-40-14-11-23(22(33)19-40)39-25-7-4-6-21-28(29(34)31(35)36)27(45-30(21)25)8-5-12-37-24-10-9-20(18-26(24)43-3)32(41)38-13-15-44-17-16-42-2/h4,6-7,9-10,18,22-23,29,31,37,39H,11-17,19H2,1-3H3,(H,38,41). The van der Waals surface area contributed by atoms with Crippen molar-refractivity contribution in [3.05, 3.63) is 52.4 Å². The van der Waals surface area contributed by atoms with Crippen LogP contribution in [-0.4, -0.2) is 96.7 Å². The lowest BCUT2D eigenvalue weighted by Crippen LogP contribution is -2.46. The monoisotopic (exact) mass is 650 g/mol. The van der Waals surface area contributed by atoms with Gasteiger partial charge in [-0.1, -0.05) is 24.0 Å². The summed E-state index contributed by atoms with van der Waals surface area (Å²) in [6.07, 6.45) is -6.29. The van der Waals surface area contributed by atoms with Gasteiger partial charge in [-0.15, -0.1) is 11.3 Å². The average Bonchev–Trinajstić information content (AvgIpc) is 3.40. The van der Waals surface area contributed by atoms with E-state index < -0.39 is 24.8 Å². The van der Waals surface area contributed by atoms with Crippen molar-refractivity contribution < 1.29 is 36.6 Å². The second-order valence-corrected chi connectivity index (χ2v) is 11.5. The van der Waals surface area contributed by atoms with Gasteiger partial charge in [0.1, 0.15) is 11.9 Å². The summed E-state index contributed by atoms with van der Waals surface area (Å²) in [5.41, 5.74) is 1.35. The van der Waals surface area contributed by atoms with Crippen LogP contribution in [0.3, 0.4) is 0 Å². The molecule has 8 nitrogen and oxygen atoms in total. The number of piperidine rings is 1. The van der Waals surface area contributed by atoms with E-state index in [0.717, 1.165) is 17.9 Å². The third-order valence-electron chi connectivity index (χ3n) is 7.33. The van der Waals surface area contributed by atoms with E-state index in [0.29, 0.717) is 65.6 Å². The van der Waals surface area contributed by atoms with Crippen LogP contribution in [0.1, 0.15) is 33.4 Å². The van der Waals surface area contributed by atoms with Crippen molar-refractivity contribution in [3.8, 4) is 17.6 Å². The maximum Gasteiger partial charge on any atom is 0.273 e. The van der Waals surface area contributed by atoms with Crippen molar-refractivity contribution in [2.75, 3.05) is 77.9 Å². The molecule has 1 aliphatic heterocycles. The van der Waals surface area contributed by atoms with Crippen LogP contribution in [0, 0.1) is 11.8 Å². The molecule has 45 heavy (non-hydrogen) atoms. The zero-order valence-corrected chi connectivity index (χ0v) is 26.2. The van der Waals surface area contributed by atoms with Gasteiger partial charge >= 0.3 is 0 Å². The number of carbonyl (C=O) groups excluding carboxylic acids is 1. The van der Waals surface area contributed by atoms with Gasteiger partial charge in [0.05, 0.1) is 60.5 Å². The number of nitrogens with zero attached hydrogens (tertiary/aromatic N) is 1. The number of alkyl halides is 4. The van der Waals surface area contributed by atoms with Crippen LogP contribution in [0.15, 0.2) is 36.4 Å².